The summed E-state index contributed by atoms with van der Waals surface area (Å²) in [4.78, 5) is 10.9. The molecule has 0 aliphatic carbocycles. The van der Waals surface area contributed by atoms with Crippen LogP contribution in [0.3, 0.4) is 0 Å². The van der Waals surface area contributed by atoms with Crippen LogP contribution in [0.2, 0.25) is 15.1 Å². The van der Waals surface area contributed by atoms with Crippen LogP contribution in [0.1, 0.15) is 6.92 Å². The Labute approximate surface area is 102 Å². The van der Waals surface area contributed by atoms with Gasteiger partial charge in [0.15, 0.2) is 5.75 Å². The lowest BCUT2D eigenvalue weighted by Gasteiger charge is -2.13. The summed E-state index contributed by atoms with van der Waals surface area (Å²) in [5, 5.41) is 3.25. The average Bonchev–Trinajstić information content (AvgIpc) is 2.13. The number of rotatable bonds is 2. The Balaban J connectivity index is 3.36. The van der Waals surface area contributed by atoms with E-state index in [2.05, 4.69) is 5.32 Å². The van der Waals surface area contributed by atoms with Gasteiger partial charge in [0.05, 0.1) is 22.2 Å². The fraction of sp³-hybridized carbons (Fsp3) is 0.222. The number of hydrogen-bond acceptors (Lipinski definition) is 2. The zero-order chi connectivity index (χ0) is 11.6. The number of benzene rings is 1. The molecular weight excluding hydrogens is 260 g/mol. The van der Waals surface area contributed by atoms with Crippen LogP contribution in [-0.2, 0) is 4.79 Å². The number of hydrogen-bond donors (Lipinski definition) is 1. The van der Waals surface area contributed by atoms with E-state index in [0.29, 0.717) is 5.75 Å². The van der Waals surface area contributed by atoms with Crippen LogP contribution in [0, 0.1) is 0 Å². The zero-order valence-corrected chi connectivity index (χ0v) is 10.3. The van der Waals surface area contributed by atoms with E-state index in [4.69, 9.17) is 39.5 Å². The second-order valence-electron chi connectivity index (χ2n) is 2.74. The molecule has 6 heteroatoms. The first-order valence-electron chi connectivity index (χ1n) is 3.96. The standard InChI is InChI=1S/C9H8Cl3NO2/c1-4(14)13-8-7(12)5(10)3-6(11)9(8)15-2/h3H,1-2H3,(H,13,14). The minimum absolute atomic E-state index is 0.202. The monoisotopic (exact) mass is 267 g/mol. The van der Waals surface area contributed by atoms with Crippen molar-refractivity contribution in [1.29, 1.82) is 0 Å². The van der Waals surface area contributed by atoms with Crippen molar-refractivity contribution in [3.63, 3.8) is 0 Å². The van der Waals surface area contributed by atoms with Gasteiger partial charge in [0, 0.05) is 6.92 Å². The third-order valence-electron chi connectivity index (χ3n) is 1.63. The first-order valence-corrected chi connectivity index (χ1v) is 5.09. The van der Waals surface area contributed by atoms with Crippen LogP contribution in [-0.4, -0.2) is 13.0 Å². The number of nitrogens with one attached hydrogen (secondary N) is 1. The van der Waals surface area contributed by atoms with Gasteiger partial charge in [-0.15, -0.1) is 0 Å². The molecule has 0 heterocycles. The summed E-state index contributed by atoms with van der Waals surface area (Å²) in [6.45, 7) is 1.35. The summed E-state index contributed by atoms with van der Waals surface area (Å²) in [6, 6.07) is 1.45. The molecule has 1 amide bonds. The first kappa shape index (κ1) is 12.4. The highest BCUT2D eigenvalue weighted by atomic mass is 35.5. The second kappa shape index (κ2) is 4.92. The molecule has 0 spiro atoms. The van der Waals surface area contributed by atoms with E-state index in [1.807, 2.05) is 0 Å². The second-order valence-corrected chi connectivity index (χ2v) is 3.94. The highest BCUT2D eigenvalue weighted by molar-refractivity contribution is 6.46. The lowest BCUT2D eigenvalue weighted by Crippen LogP contribution is -2.08. The van der Waals surface area contributed by atoms with E-state index in [1.54, 1.807) is 0 Å². The molecule has 3 nitrogen and oxygen atoms in total. The number of carbonyl (C=O) groups is 1. The molecule has 1 rings (SSSR count). The van der Waals surface area contributed by atoms with Gasteiger partial charge in [-0.2, -0.15) is 0 Å². The minimum Gasteiger partial charge on any atom is -0.493 e. The maximum absolute atomic E-state index is 10.9. The van der Waals surface area contributed by atoms with Crippen LogP contribution in [0.4, 0.5) is 5.69 Å². The molecule has 0 saturated heterocycles. The van der Waals surface area contributed by atoms with Crippen LogP contribution in [0.5, 0.6) is 5.75 Å². The predicted molar refractivity (Wildman–Crippen MR) is 62.3 cm³/mol. The van der Waals surface area contributed by atoms with E-state index in [0.717, 1.165) is 0 Å². The molecule has 0 fully saturated rings. The molecule has 1 aromatic rings. The van der Waals surface area contributed by atoms with Crippen molar-refractivity contribution in [2.45, 2.75) is 6.92 Å². The van der Waals surface area contributed by atoms with E-state index in [1.165, 1.54) is 20.1 Å². The number of amides is 1. The number of carbonyl (C=O) groups excluding carboxylic acids is 1. The van der Waals surface area contributed by atoms with E-state index in [9.17, 15) is 4.79 Å². The van der Waals surface area contributed by atoms with Crippen LogP contribution in [0.25, 0.3) is 0 Å². The van der Waals surface area contributed by atoms with E-state index in [-0.39, 0.29) is 26.7 Å². The first-order chi connectivity index (χ1) is 6.97. The Morgan fingerprint density at radius 3 is 2.40 bits per heavy atom. The molecule has 0 bridgehead atoms. The van der Waals surface area contributed by atoms with Gasteiger partial charge in [-0.1, -0.05) is 34.8 Å². The molecule has 0 aliphatic heterocycles. The quantitative estimate of drug-likeness (QED) is 0.832. The molecule has 0 saturated carbocycles. The maximum Gasteiger partial charge on any atom is 0.221 e. The summed E-state index contributed by atoms with van der Waals surface area (Å²) in [6.07, 6.45) is 0. The van der Waals surface area contributed by atoms with Crippen molar-refractivity contribution in [3.05, 3.63) is 21.1 Å². The van der Waals surface area contributed by atoms with E-state index >= 15 is 0 Å². The van der Waals surface area contributed by atoms with Crippen molar-refractivity contribution in [2.24, 2.45) is 0 Å². The Hall–Kier alpha value is -0.640. The zero-order valence-electron chi connectivity index (χ0n) is 8.03. The molecule has 0 radical (unpaired) electrons. The summed E-state index contributed by atoms with van der Waals surface area (Å²) in [5.74, 6) is 0.00907. The van der Waals surface area contributed by atoms with Crippen molar-refractivity contribution in [2.75, 3.05) is 12.4 Å². The van der Waals surface area contributed by atoms with Crippen LogP contribution in [0.15, 0.2) is 6.07 Å². The highest BCUT2D eigenvalue weighted by Crippen LogP contribution is 2.42. The molecular formula is C9H8Cl3NO2. The molecule has 1 N–H and O–H groups in total. The van der Waals surface area contributed by atoms with Crippen molar-refractivity contribution in [1.82, 2.24) is 0 Å². The summed E-state index contributed by atoms with van der Waals surface area (Å²) in [7, 11) is 1.43. The van der Waals surface area contributed by atoms with E-state index < -0.39 is 0 Å². The van der Waals surface area contributed by atoms with Gasteiger partial charge >= 0.3 is 0 Å². The molecule has 1 aromatic carbocycles. The topological polar surface area (TPSA) is 38.3 Å². The SMILES string of the molecule is COc1c(Cl)cc(Cl)c(Cl)c1NC(C)=O. The van der Waals surface area contributed by atoms with Crippen LogP contribution >= 0.6 is 34.8 Å². The normalized spacial score (nSPS) is 9.93. The minimum atomic E-state index is -0.284. The molecule has 0 aromatic heterocycles. The number of ether oxygens (including phenoxy) is 1. The maximum atomic E-state index is 10.9. The van der Waals surface area contributed by atoms with Gasteiger partial charge in [-0.25, -0.2) is 0 Å². The smallest absolute Gasteiger partial charge is 0.221 e. The van der Waals surface area contributed by atoms with Gasteiger partial charge in [0.25, 0.3) is 0 Å². The van der Waals surface area contributed by atoms with Gasteiger partial charge < -0.3 is 10.1 Å². The van der Waals surface area contributed by atoms with Gasteiger partial charge in [-0.05, 0) is 6.07 Å². The summed E-state index contributed by atoms with van der Waals surface area (Å²) >= 11 is 17.6. The lowest BCUT2D eigenvalue weighted by atomic mass is 10.3. The third kappa shape index (κ3) is 2.68. The Morgan fingerprint density at radius 1 is 1.33 bits per heavy atom. The molecule has 82 valence electrons. The Kier molecular flexibility index (Phi) is 4.08. The fourth-order valence-electron chi connectivity index (χ4n) is 1.07. The van der Waals surface area contributed by atoms with Gasteiger partial charge in [-0.3, -0.25) is 4.79 Å². The fourth-order valence-corrected chi connectivity index (χ4v) is 1.79. The van der Waals surface area contributed by atoms with Gasteiger partial charge in [0.2, 0.25) is 5.91 Å². The Bertz CT molecular complexity index is 407. The molecule has 0 unspecified atom stereocenters. The average molecular weight is 269 g/mol. The number of methoxy groups -OCH3 is 1. The Morgan fingerprint density at radius 2 is 1.93 bits per heavy atom. The molecule has 0 atom stereocenters. The largest absolute Gasteiger partial charge is 0.493 e. The van der Waals surface area contributed by atoms with Crippen LogP contribution < -0.4 is 10.1 Å². The summed E-state index contributed by atoms with van der Waals surface area (Å²) in [5.41, 5.74) is 0.282. The summed E-state index contributed by atoms with van der Waals surface area (Å²) < 4.78 is 5.02. The van der Waals surface area contributed by atoms with Crippen molar-refractivity contribution >= 4 is 46.4 Å². The molecule has 0 aliphatic rings. The number of halogens is 3. The van der Waals surface area contributed by atoms with Crippen molar-refractivity contribution < 1.29 is 9.53 Å². The van der Waals surface area contributed by atoms with Gasteiger partial charge in [0.1, 0.15) is 5.69 Å². The highest BCUT2D eigenvalue weighted by Gasteiger charge is 2.16. The molecule has 15 heavy (non-hydrogen) atoms. The lowest BCUT2D eigenvalue weighted by molar-refractivity contribution is -0.114. The third-order valence-corrected chi connectivity index (χ3v) is 2.70. The number of anilines is 1. The predicted octanol–water partition coefficient (Wildman–Crippen LogP) is 3.61. The van der Waals surface area contributed by atoms with Crippen molar-refractivity contribution in [3.8, 4) is 5.75 Å².